The van der Waals surface area contributed by atoms with E-state index in [0.29, 0.717) is 24.5 Å². The lowest BCUT2D eigenvalue weighted by molar-refractivity contribution is -0.148. The zero-order chi connectivity index (χ0) is 13.7. The number of carbonyl (C=O) groups is 1. The molecular weight excluding hydrogens is 242 g/mol. The summed E-state index contributed by atoms with van der Waals surface area (Å²) in [5, 5.41) is 9.10. The Balaban J connectivity index is 2.13. The molecule has 1 aliphatic rings. The Morgan fingerprint density at radius 3 is 3.26 bits per heavy atom. The van der Waals surface area contributed by atoms with Gasteiger partial charge >= 0.3 is 5.97 Å². The van der Waals surface area contributed by atoms with Crippen LogP contribution in [0.4, 0.5) is 5.82 Å². The van der Waals surface area contributed by atoms with Gasteiger partial charge in [-0.3, -0.25) is 4.79 Å². The Kier molecular flexibility index (Phi) is 4.35. The number of rotatable bonds is 3. The number of pyridine rings is 1. The predicted octanol–water partition coefficient (Wildman–Crippen LogP) is 1.73. The summed E-state index contributed by atoms with van der Waals surface area (Å²) in [6, 6.07) is 5.63. The fourth-order valence-corrected chi connectivity index (χ4v) is 2.36. The molecule has 1 saturated heterocycles. The van der Waals surface area contributed by atoms with Crippen LogP contribution in [0.2, 0.25) is 0 Å². The van der Waals surface area contributed by atoms with Crippen LogP contribution in [0, 0.1) is 17.2 Å². The molecule has 1 aromatic rings. The summed E-state index contributed by atoms with van der Waals surface area (Å²) in [4.78, 5) is 18.1. The first-order valence-corrected chi connectivity index (χ1v) is 6.53. The Morgan fingerprint density at radius 2 is 2.53 bits per heavy atom. The highest BCUT2D eigenvalue weighted by atomic mass is 16.5. The van der Waals surface area contributed by atoms with E-state index < -0.39 is 0 Å². The molecule has 1 fully saturated rings. The Bertz CT molecular complexity index is 496. The number of esters is 1. The Hall–Kier alpha value is -2.09. The predicted molar refractivity (Wildman–Crippen MR) is 70.5 cm³/mol. The molecule has 0 aromatic carbocycles. The molecule has 5 nitrogen and oxygen atoms in total. The third-order valence-electron chi connectivity index (χ3n) is 3.25. The van der Waals surface area contributed by atoms with Gasteiger partial charge in [-0.15, -0.1) is 0 Å². The second-order valence-corrected chi connectivity index (χ2v) is 4.52. The summed E-state index contributed by atoms with van der Waals surface area (Å²) >= 11 is 0. The first kappa shape index (κ1) is 13.3. The minimum atomic E-state index is -0.151. The van der Waals surface area contributed by atoms with Gasteiger partial charge in [-0.05, 0) is 31.9 Å². The number of hydrogen-bond acceptors (Lipinski definition) is 5. The largest absolute Gasteiger partial charge is 0.466 e. The SMILES string of the molecule is CCOC(=O)[C@H]1CCCN(c2ncccc2C#N)C1. The molecule has 1 aliphatic heterocycles. The molecule has 0 saturated carbocycles. The van der Waals surface area contributed by atoms with Crippen LogP contribution in [0.5, 0.6) is 0 Å². The van der Waals surface area contributed by atoms with Gasteiger partial charge in [0.2, 0.25) is 0 Å². The first-order valence-electron chi connectivity index (χ1n) is 6.53. The molecule has 0 unspecified atom stereocenters. The molecule has 100 valence electrons. The molecule has 0 radical (unpaired) electrons. The molecule has 19 heavy (non-hydrogen) atoms. The van der Waals surface area contributed by atoms with E-state index >= 15 is 0 Å². The average Bonchev–Trinajstić information content (AvgIpc) is 2.47. The normalized spacial score (nSPS) is 18.7. The van der Waals surface area contributed by atoms with Crippen molar-refractivity contribution in [2.45, 2.75) is 19.8 Å². The summed E-state index contributed by atoms with van der Waals surface area (Å²) in [5.74, 6) is 0.392. The van der Waals surface area contributed by atoms with E-state index in [1.165, 1.54) is 0 Å². The second kappa shape index (κ2) is 6.19. The van der Waals surface area contributed by atoms with Gasteiger partial charge in [0.15, 0.2) is 0 Å². The lowest BCUT2D eigenvalue weighted by Crippen LogP contribution is -2.40. The maximum Gasteiger partial charge on any atom is 0.310 e. The van der Waals surface area contributed by atoms with E-state index in [2.05, 4.69) is 11.1 Å². The zero-order valence-electron chi connectivity index (χ0n) is 11.0. The molecule has 5 heteroatoms. The van der Waals surface area contributed by atoms with Gasteiger partial charge in [0.25, 0.3) is 0 Å². The van der Waals surface area contributed by atoms with Crippen molar-refractivity contribution in [3.05, 3.63) is 23.9 Å². The average molecular weight is 259 g/mol. The van der Waals surface area contributed by atoms with Gasteiger partial charge < -0.3 is 9.64 Å². The molecular formula is C14H17N3O2. The fourth-order valence-electron chi connectivity index (χ4n) is 2.36. The minimum absolute atomic E-state index is 0.123. The fraction of sp³-hybridized carbons (Fsp3) is 0.500. The number of nitrogens with zero attached hydrogens (tertiary/aromatic N) is 3. The van der Waals surface area contributed by atoms with Crippen molar-refractivity contribution in [1.82, 2.24) is 4.98 Å². The van der Waals surface area contributed by atoms with Crippen molar-refractivity contribution >= 4 is 11.8 Å². The van der Waals surface area contributed by atoms with Crippen molar-refractivity contribution in [2.75, 3.05) is 24.6 Å². The third kappa shape index (κ3) is 3.02. The molecule has 0 aliphatic carbocycles. The van der Waals surface area contributed by atoms with Crippen LogP contribution in [-0.4, -0.2) is 30.6 Å². The molecule has 0 spiro atoms. The van der Waals surface area contributed by atoms with Gasteiger partial charge in [-0.25, -0.2) is 4.98 Å². The molecule has 0 amide bonds. The zero-order valence-corrected chi connectivity index (χ0v) is 11.0. The van der Waals surface area contributed by atoms with E-state index in [4.69, 9.17) is 10.00 Å². The van der Waals surface area contributed by atoms with Crippen LogP contribution < -0.4 is 4.90 Å². The highest BCUT2D eigenvalue weighted by Gasteiger charge is 2.28. The monoisotopic (exact) mass is 259 g/mol. The molecule has 1 aromatic heterocycles. The topological polar surface area (TPSA) is 66.2 Å². The molecule has 1 atom stereocenters. The third-order valence-corrected chi connectivity index (χ3v) is 3.25. The Labute approximate surface area is 112 Å². The van der Waals surface area contributed by atoms with Gasteiger partial charge in [-0.1, -0.05) is 0 Å². The van der Waals surface area contributed by atoms with Gasteiger partial charge in [0.1, 0.15) is 11.9 Å². The highest BCUT2D eigenvalue weighted by molar-refractivity contribution is 5.73. The number of piperidine rings is 1. The number of hydrogen-bond donors (Lipinski definition) is 0. The molecule has 2 rings (SSSR count). The van der Waals surface area contributed by atoms with Crippen LogP contribution in [-0.2, 0) is 9.53 Å². The maximum absolute atomic E-state index is 11.8. The smallest absolute Gasteiger partial charge is 0.310 e. The quantitative estimate of drug-likeness (QED) is 0.773. The summed E-state index contributed by atoms with van der Waals surface area (Å²) < 4.78 is 5.07. The van der Waals surface area contributed by atoms with Crippen LogP contribution in [0.15, 0.2) is 18.3 Å². The van der Waals surface area contributed by atoms with Crippen LogP contribution in [0.25, 0.3) is 0 Å². The van der Waals surface area contributed by atoms with Crippen molar-refractivity contribution < 1.29 is 9.53 Å². The number of aromatic nitrogens is 1. The lowest BCUT2D eigenvalue weighted by Gasteiger charge is -2.32. The van der Waals surface area contributed by atoms with Crippen LogP contribution in [0.1, 0.15) is 25.3 Å². The lowest BCUT2D eigenvalue weighted by atomic mass is 9.98. The van der Waals surface area contributed by atoms with E-state index in [9.17, 15) is 4.79 Å². The first-order chi connectivity index (χ1) is 9.26. The van der Waals surface area contributed by atoms with E-state index in [1.807, 2.05) is 11.8 Å². The molecule has 0 N–H and O–H groups in total. The maximum atomic E-state index is 11.8. The van der Waals surface area contributed by atoms with Crippen molar-refractivity contribution in [3.8, 4) is 6.07 Å². The summed E-state index contributed by atoms with van der Waals surface area (Å²) in [7, 11) is 0. The van der Waals surface area contributed by atoms with Crippen molar-refractivity contribution in [2.24, 2.45) is 5.92 Å². The summed E-state index contributed by atoms with van der Waals surface area (Å²) in [6.07, 6.45) is 3.42. The number of nitriles is 1. The standard InChI is InChI=1S/C14H17N3O2/c1-2-19-14(18)12-6-4-8-17(10-12)13-11(9-15)5-3-7-16-13/h3,5,7,12H,2,4,6,8,10H2,1H3/t12-/m0/s1. The van der Waals surface area contributed by atoms with Crippen molar-refractivity contribution in [3.63, 3.8) is 0 Å². The second-order valence-electron chi connectivity index (χ2n) is 4.52. The molecule has 2 heterocycles. The number of ether oxygens (including phenoxy) is 1. The minimum Gasteiger partial charge on any atom is -0.466 e. The summed E-state index contributed by atoms with van der Waals surface area (Å²) in [6.45, 7) is 3.61. The number of carbonyl (C=O) groups excluding carboxylic acids is 1. The van der Waals surface area contributed by atoms with Crippen molar-refractivity contribution in [1.29, 1.82) is 5.26 Å². The molecule has 0 bridgehead atoms. The van der Waals surface area contributed by atoms with Gasteiger partial charge in [0.05, 0.1) is 18.1 Å². The Morgan fingerprint density at radius 1 is 1.68 bits per heavy atom. The van der Waals surface area contributed by atoms with Gasteiger partial charge in [-0.2, -0.15) is 5.26 Å². The summed E-state index contributed by atoms with van der Waals surface area (Å²) in [5.41, 5.74) is 0.548. The number of anilines is 1. The van der Waals surface area contributed by atoms with Crippen LogP contribution in [0.3, 0.4) is 0 Å². The van der Waals surface area contributed by atoms with E-state index in [-0.39, 0.29) is 11.9 Å². The van der Waals surface area contributed by atoms with Crippen LogP contribution >= 0.6 is 0 Å². The van der Waals surface area contributed by atoms with E-state index in [1.54, 1.807) is 18.3 Å². The highest BCUT2D eigenvalue weighted by Crippen LogP contribution is 2.24. The van der Waals surface area contributed by atoms with E-state index in [0.717, 1.165) is 19.4 Å². The van der Waals surface area contributed by atoms with Gasteiger partial charge in [0, 0.05) is 19.3 Å².